The highest BCUT2D eigenvalue weighted by Gasteiger charge is 2.23. The van der Waals surface area contributed by atoms with Crippen LogP contribution < -0.4 is 20.3 Å². The molecule has 2 aromatic rings. The highest BCUT2D eigenvalue weighted by molar-refractivity contribution is 7.89. The number of carboxylic acids is 1. The largest absolute Gasteiger partial charge is 0.478 e. The molecule has 2 aromatic carbocycles. The molecule has 0 amide bonds. The van der Waals surface area contributed by atoms with E-state index in [0.717, 1.165) is 18.9 Å². The molecule has 0 radical (unpaired) electrons. The number of rotatable bonds is 9. The molecule has 0 aliphatic rings. The molecule has 6 N–H and O–H groups in total. The molecular formula is C17H21N3O7S2. The number of unbranched alkanes of at least 4 members (excludes halogenated alkanes) is 1. The number of aromatic carboxylic acids is 1. The molecule has 0 unspecified atom stereocenters. The summed E-state index contributed by atoms with van der Waals surface area (Å²) in [5, 5.41) is 22.5. The number of sulfonamides is 2. The number of primary sulfonamides is 2. The first kappa shape index (κ1) is 22.6. The third kappa shape index (κ3) is 5.90. The van der Waals surface area contributed by atoms with Crippen molar-refractivity contribution in [3.05, 3.63) is 42.0 Å². The zero-order valence-electron chi connectivity index (χ0n) is 15.5. The van der Waals surface area contributed by atoms with Crippen LogP contribution in [0.1, 0.15) is 30.1 Å². The monoisotopic (exact) mass is 443 g/mol. The van der Waals surface area contributed by atoms with Crippen molar-refractivity contribution < 1.29 is 31.5 Å². The molecule has 0 saturated carbocycles. The van der Waals surface area contributed by atoms with Crippen molar-refractivity contribution in [1.29, 1.82) is 0 Å². The van der Waals surface area contributed by atoms with E-state index in [9.17, 15) is 26.7 Å². The van der Waals surface area contributed by atoms with Crippen LogP contribution in [0.15, 0.2) is 46.2 Å². The first-order chi connectivity index (χ1) is 13.4. The van der Waals surface area contributed by atoms with Crippen LogP contribution in [0.5, 0.6) is 11.5 Å². The lowest BCUT2D eigenvalue weighted by molar-refractivity contribution is 0.0696. The Balaban J connectivity index is 2.58. The van der Waals surface area contributed by atoms with E-state index < -0.39 is 30.9 Å². The minimum atomic E-state index is -4.34. The van der Waals surface area contributed by atoms with Gasteiger partial charge in [0.05, 0.1) is 16.1 Å². The molecule has 0 aliphatic carbocycles. The van der Waals surface area contributed by atoms with Gasteiger partial charge in [-0.15, -0.1) is 0 Å². The van der Waals surface area contributed by atoms with E-state index in [1.165, 1.54) is 30.3 Å². The molecule has 0 aromatic heterocycles. The first-order valence-electron chi connectivity index (χ1n) is 8.42. The topological polar surface area (TPSA) is 179 Å². The average Bonchev–Trinajstić information content (AvgIpc) is 2.61. The molecule has 12 heteroatoms. The van der Waals surface area contributed by atoms with E-state index in [1.54, 1.807) is 0 Å². The molecule has 0 aliphatic heterocycles. The summed E-state index contributed by atoms with van der Waals surface area (Å²) in [5.41, 5.74) is -0.164. The number of anilines is 1. The summed E-state index contributed by atoms with van der Waals surface area (Å²) in [5.74, 6) is -1.43. The SMILES string of the molecule is CCCCNc1cc(C(=O)O)cc(S(N)(=O)=O)c1Oc1ccc(S(N)(=O)=O)cc1. The van der Waals surface area contributed by atoms with Crippen molar-refractivity contribution in [2.75, 3.05) is 11.9 Å². The molecular weight excluding hydrogens is 422 g/mol. The van der Waals surface area contributed by atoms with Crippen molar-refractivity contribution in [3.63, 3.8) is 0 Å². The Morgan fingerprint density at radius 2 is 1.69 bits per heavy atom. The Labute approximate surface area is 168 Å². The second-order valence-corrected chi connectivity index (χ2v) is 9.19. The molecule has 0 atom stereocenters. The molecule has 0 saturated heterocycles. The molecule has 10 nitrogen and oxygen atoms in total. The van der Waals surface area contributed by atoms with Gasteiger partial charge in [-0.05, 0) is 42.8 Å². The van der Waals surface area contributed by atoms with Crippen LogP contribution in [-0.4, -0.2) is 34.5 Å². The van der Waals surface area contributed by atoms with Crippen molar-refractivity contribution in [3.8, 4) is 11.5 Å². The lowest BCUT2D eigenvalue weighted by Gasteiger charge is -2.17. The molecule has 29 heavy (non-hydrogen) atoms. The standard InChI is InChI=1S/C17H21N3O7S2/c1-2-3-8-20-14-9-11(17(21)22)10-15(29(19,25)26)16(14)27-12-4-6-13(7-5-12)28(18,23)24/h4-7,9-10,20H,2-3,8H2,1H3,(H,21,22)(H2,18,23,24)(H2,19,25,26). The maximum absolute atomic E-state index is 12.1. The van der Waals surface area contributed by atoms with Crippen LogP contribution >= 0.6 is 0 Å². The summed E-state index contributed by atoms with van der Waals surface area (Å²) in [6.45, 7) is 2.39. The van der Waals surface area contributed by atoms with Gasteiger partial charge >= 0.3 is 5.97 Å². The fraction of sp³-hybridized carbons (Fsp3) is 0.235. The minimum absolute atomic E-state index is 0.101. The quantitative estimate of drug-likeness (QED) is 0.423. The number of ether oxygens (including phenoxy) is 1. The van der Waals surface area contributed by atoms with Gasteiger partial charge in [0.1, 0.15) is 10.6 Å². The number of hydrogen-bond acceptors (Lipinski definition) is 7. The minimum Gasteiger partial charge on any atom is -0.478 e. The number of hydrogen-bond donors (Lipinski definition) is 4. The molecule has 0 bridgehead atoms. The third-order valence-corrected chi connectivity index (χ3v) is 5.67. The summed E-state index contributed by atoms with van der Waals surface area (Å²) >= 11 is 0. The Morgan fingerprint density at radius 3 is 2.17 bits per heavy atom. The van der Waals surface area contributed by atoms with Gasteiger partial charge in [0.2, 0.25) is 20.0 Å². The van der Waals surface area contributed by atoms with Crippen molar-refractivity contribution >= 4 is 31.7 Å². The highest BCUT2D eigenvalue weighted by Crippen LogP contribution is 2.37. The number of nitrogens with two attached hydrogens (primary N) is 2. The summed E-state index contributed by atoms with van der Waals surface area (Å²) < 4.78 is 52.5. The fourth-order valence-electron chi connectivity index (χ4n) is 2.39. The van der Waals surface area contributed by atoms with E-state index in [0.29, 0.717) is 6.54 Å². The zero-order chi connectivity index (χ0) is 21.8. The summed E-state index contributed by atoms with van der Waals surface area (Å²) in [6.07, 6.45) is 1.59. The lowest BCUT2D eigenvalue weighted by Crippen LogP contribution is -2.16. The van der Waals surface area contributed by atoms with Crippen LogP contribution in [-0.2, 0) is 20.0 Å². The number of carboxylic acid groups (broad SMARTS) is 1. The van der Waals surface area contributed by atoms with Crippen molar-refractivity contribution in [2.45, 2.75) is 29.6 Å². The van der Waals surface area contributed by atoms with Crippen LogP contribution in [0, 0.1) is 0 Å². The van der Waals surface area contributed by atoms with Crippen molar-refractivity contribution in [1.82, 2.24) is 0 Å². The van der Waals surface area contributed by atoms with E-state index in [2.05, 4.69) is 5.32 Å². The number of carbonyl (C=O) groups is 1. The normalized spacial score (nSPS) is 11.8. The molecule has 2 rings (SSSR count). The van der Waals surface area contributed by atoms with Crippen LogP contribution in [0.3, 0.4) is 0 Å². The van der Waals surface area contributed by atoms with Crippen molar-refractivity contribution in [2.24, 2.45) is 10.3 Å². The Morgan fingerprint density at radius 1 is 1.07 bits per heavy atom. The second kappa shape index (κ2) is 8.78. The number of benzene rings is 2. The maximum atomic E-state index is 12.1. The van der Waals surface area contributed by atoms with Gasteiger partial charge in [0.25, 0.3) is 0 Å². The predicted molar refractivity (Wildman–Crippen MR) is 106 cm³/mol. The molecule has 0 fully saturated rings. The first-order valence-corrected chi connectivity index (χ1v) is 11.5. The Bertz CT molecular complexity index is 1110. The highest BCUT2D eigenvalue weighted by atomic mass is 32.2. The van der Waals surface area contributed by atoms with Gasteiger partial charge in [-0.2, -0.15) is 0 Å². The fourth-order valence-corrected chi connectivity index (χ4v) is 3.61. The Kier molecular flexibility index (Phi) is 6.85. The zero-order valence-corrected chi connectivity index (χ0v) is 17.1. The van der Waals surface area contributed by atoms with Gasteiger partial charge in [0, 0.05) is 6.54 Å². The van der Waals surface area contributed by atoms with E-state index >= 15 is 0 Å². The van der Waals surface area contributed by atoms with E-state index in [-0.39, 0.29) is 27.6 Å². The Hall–Kier alpha value is -2.67. The molecule has 0 heterocycles. The van der Waals surface area contributed by atoms with Crippen LogP contribution in [0.2, 0.25) is 0 Å². The lowest BCUT2D eigenvalue weighted by atomic mass is 10.1. The molecule has 158 valence electrons. The van der Waals surface area contributed by atoms with Crippen LogP contribution in [0.25, 0.3) is 0 Å². The molecule has 0 spiro atoms. The third-order valence-electron chi connectivity index (χ3n) is 3.83. The maximum Gasteiger partial charge on any atom is 0.335 e. The summed E-state index contributed by atoms with van der Waals surface area (Å²) in [4.78, 5) is 10.7. The number of nitrogens with one attached hydrogen (secondary N) is 1. The summed E-state index contributed by atoms with van der Waals surface area (Å²) in [6, 6.07) is 7.09. The average molecular weight is 444 g/mol. The van der Waals surface area contributed by atoms with Crippen LogP contribution in [0.4, 0.5) is 5.69 Å². The predicted octanol–water partition coefficient (Wildman–Crippen LogP) is 1.68. The van der Waals surface area contributed by atoms with Gasteiger partial charge < -0.3 is 15.2 Å². The smallest absolute Gasteiger partial charge is 0.335 e. The van der Waals surface area contributed by atoms with E-state index in [1.807, 2.05) is 6.92 Å². The second-order valence-electron chi connectivity index (χ2n) is 6.10. The van der Waals surface area contributed by atoms with E-state index in [4.69, 9.17) is 15.0 Å². The summed E-state index contributed by atoms with van der Waals surface area (Å²) in [7, 11) is -8.25. The van der Waals surface area contributed by atoms with Gasteiger partial charge in [-0.3, -0.25) is 0 Å². The van der Waals surface area contributed by atoms with Gasteiger partial charge in [-0.1, -0.05) is 13.3 Å². The van der Waals surface area contributed by atoms with Gasteiger partial charge in [0.15, 0.2) is 5.75 Å². The van der Waals surface area contributed by atoms with Gasteiger partial charge in [-0.25, -0.2) is 31.9 Å².